The van der Waals surface area contributed by atoms with Crippen molar-refractivity contribution >= 4 is 11.4 Å². The first-order valence-electron chi connectivity index (χ1n) is 5.08. The summed E-state index contributed by atoms with van der Waals surface area (Å²) in [6.45, 7) is -0.129. The molecule has 0 aliphatic heterocycles. The average Bonchev–Trinajstić information content (AvgIpc) is 3.00. The minimum absolute atomic E-state index is 0.129. The number of alkyl halides is 3. The molecule has 1 aliphatic carbocycles. The molecule has 0 atom stereocenters. The van der Waals surface area contributed by atoms with Crippen molar-refractivity contribution in [2.75, 3.05) is 17.7 Å². The Morgan fingerprint density at radius 2 is 2.12 bits per heavy atom. The number of hydrogen-bond acceptors (Lipinski definition) is 4. The summed E-state index contributed by atoms with van der Waals surface area (Å²) in [6.07, 6.45) is -2.10. The van der Waals surface area contributed by atoms with E-state index in [1.54, 1.807) is 0 Å². The molecule has 4 nitrogen and oxygen atoms in total. The van der Waals surface area contributed by atoms with Gasteiger partial charge in [-0.05, 0) is 18.9 Å². The van der Waals surface area contributed by atoms with Crippen LogP contribution in [0.25, 0.3) is 0 Å². The number of rotatable bonds is 3. The third kappa shape index (κ3) is 2.44. The molecule has 0 saturated heterocycles. The highest BCUT2D eigenvalue weighted by Crippen LogP contribution is 2.40. The second-order valence-electron chi connectivity index (χ2n) is 4.22. The van der Waals surface area contributed by atoms with E-state index in [2.05, 4.69) is 10.3 Å². The van der Waals surface area contributed by atoms with Crippen LogP contribution in [-0.2, 0) is 6.18 Å². The van der Waals surface area contributed by atoms with E-state index in [0.29, 0.717) is 12.8 Å². The number of nitrogen functional groups attached to an aromatic ring is 1. The summed E-state index contributed by atoms with van der Waals surface area (Å²) in [5, 5.41) is 11.9. The third-order valence-corrected chi connectivity index (χ3v) is 2.78. The van der Waals surface area contributed by atoms with E-state index < -0.39 is 17.4 Å². The van der Waals surface area contributed by atoms with Gasteiger partial charge in [0.05, 0.1) is 29.7 Å². The molecule has 17 heavy (non-hydrogen) atoms. The van der Waals surface area contributed by atoms with E-state index in [0.717, 1.165) is 12.3 Å². The maximum atomic E-state index is 12.4. The predicted molar refractivity (Wildman–Crippen MR) is 56.3 cm³/mol. The number of nitrogens with two attached hydrogens (primary N) is 1. The molecule has 0 aromatic carbocycles. The maximum Gasteiger partial charge on any atom is 0.433 e. The van der Waals surface area contributed by atoms with Gasteiger partial charge in [0, 0.05) is 0 Å². The van der Waals surface area contributed by atoms with E-state index in [1.807, 2.05) is 0 Å². The third-order valence-electron chi connectivity index (χ3n) is 2.78. The number of aromatic nitrogens is 1. The first-order valence-corrected chi connectivity index (χ1v) is 5.08. The summed E-state index contributed by atoms with van der Waals surface area (Å²) >= 11 is 0. The zero-order valence-corrected chi connectivity index (χ0v) is 8.88. The topological polar surface area (TPSA) is 71.2 Å². The smallest absolute Gasteiger partial charge is 0.396 e. The molecule has 94 valence electrons. The number of nitrogens with one attached hydrogen (secondary N) is 1. The van der Waals surface area contributed by atoms with Gasteiger partial charge in [0.15, 0.2) is 0 Å². The average molecular weight is 247 g/mol. The number of hydrogen-bond donors (Lipinski definition) is 3. The molecule has 0 radical (unpaired) electrons. The minimum Gasteiger partial charge on any atom is -0.396 e. The fourth-order valence-corrected chi connectivity index (χ4v) is 1.49. The number of pyridine rings is 1. The van der Waals surface area contributed by atoms with Gasteiger partial charge in [0.2, 0.25) is 0 Å². The standard InChI is InChI=1S/C10H12F3N3O/c11-10(12,13)8-3-7(6(14)4-15-8)16-9(5-17)1-2-9/h3-4,17H,1-2,5,14H2,(H,15,16). The second kappa shape index (κ2) is 3.76. The highest BCUT2D eigenvalue weighted by atomic mass is 19.4. The fourth-order valence-electron chi connectivity index (χ4n) is 1.49. The van der Waals surface area contributed by atoms with E-state index in [-0.39, 0.29) is 18.0 Å². The lowest BCUT2D eigenvalue weighted by Gasteiger charge is -2.18. The van der Waals surface area contributed by atoms with Gasteiger partial charge in [-0.2, -0.15) is 13.2 Å². The van der Waals surface area contributed by atoms with Crippen molar-refractivity contribution in [2.45, 2.75) is 24.6 Å². The van der Waals surface area contributed by atoms with Crippen molar-refractivity contribution in [2.24, 2.45) is 0 Å². The van der Waals surface area contributed by atoms with E-state index in [1.165, 1.54) is 0 Å². The molecular weight excluding hydrogens is 235 g/mol. The van der Waals surface area contributed by atoms with Crippen molar-refractivity contribution < 1.29 is 18.3 Å². The Morgan fingerprint density at radius 3 is 2.59 bits per heavy atom. The molecule has 0 unspecified atom stereocenters. The number of aliphatic hydroxyl groups is 1. The number of aliphatic hydroxyl groups excluding tert-OH is 1. The molecule has 1 heterocycles. The normalized spacial score (nSPS) is 17.9. The lowest BCUT2D eigenvalue weighted by molar-refractivity contribution is -0.141. The van der Waals surface area contributed by atoms with Crippen molar-refractivity contribution in [3.8, 4) is 0 Å². The van der Waals surface area contributed by atoms with Gasteiger partial charge >= 0.3 is 6.18 Å². The summed E-state index contributed by atoms with van der Waals surface area (Å²) in [7, 11) is 0. The van der Waals surface area contributed by atoms with Gasteiger partial charge in [0.1, 0.15) is 5.69 Å². The largest absolute Gasteiger partial charge is 0.433 e. The summed E-state index contributed by atoms with van der Waals surface area (Å²) in [4.78, 5) is 3.23. The van der Waals surface area contributed by atoms with Crippen molar-refractivity contribution in [3.63, 3.8) is 0 Å². The van der Waals surface area contributed by atoms with Gasteiger partial charge in [-0.3, -0.25) is 0 Å². The molecule has 7 heteroatoms. The van der Waals surface area contributed by atoms with Gasteiger partial charge in [0.25, 0.3) is 0 Å². The van der Waals surface area contributed by atoms with Crippen LogP contribution in [0.1, 0.15) is 18.5 Å². The summed E-state index contributed by atoms with van der Waals surface area (Å²) in [5.41, 5.74) is 4.34. The Kier molecular flexibility index (Phi) is 2.65. The SMILES string of the molecule is Nc1cnc(C(F)(F)F)cc1NC1(CO)CC1. The van der Waals surface area contributed by atoms with Gasteiger partial charge in [-0.25, -0.2) is 4.98 Å². The van der Waals surface area contributed by atoms with Crippen molar-refractivity contribution in [1.82, 2.24) is 4.98 Å². The lowest BCUT2D eigenvalue weighted by Crippen LogP contribution is -2.26. The zero-order chi connectivity index (χ0) is 12.7. The molecule has 1 aromatic rings. The molecule has 2 rings (SSSR count). The fraction of sp³-hybridized carbons (Fsp3) is 0.500. The predicted octanol–water partition coefficient (Wildman–Crippen LogP) is 1.62. The van der Waals surface area contributed by atoms with Crippen LogP contribution in [-0.4, -0.2) is 22.2 Å². The Balaban J connectivity index is 2.27. The maximum absolute atomic E-state index is 12.4. The molecule has 1 fully saturated rings. The molecule has 4 N–H and O–H groups in total. The van der Waals surface area contributed by atoms with Crippen LogP contribution in [0.5, 0.6) is 0 Å². The van der Waals surface area contributed by atoms with Crippen LogP contribution in [0.15, 0.2) is 12.3 Å². The van der Waals surface area contributed by atoms with Crippen LogP contribution >= 0.6 is 0 Å². The molecular formula is C10H12F3N3O. The van der Waals surface area contributed by atoms with E-state index in [4.69, 9.17) is 10.8 Å². The zero-order valence-electron chi connectivity index (χ0n) is 8.88. The molecule has 0 amide bonds. The van der Waals surface area contributed by atoms with Crippen molar-refractivity contribution in [1.29, 1.82) is 0 Å². The van der Waals surface area contributed by atoms with Crippen LogP contribution in [0.3, 0.4) is 0 Å². The highest BCUT2D eigenvalue weighted by Gasteiger charge is 2.43. The van der Waals surface area contributed by atoms with Crippen molar-refractivity contribution in [3.05, 3.63) is 18.0 Å². The second-order valence-corrected chi connectivity index (χ2v) is 4.22. The number of nitrogens with zero attached hydrogens (tertiary/aromatic N) is 1. The van der Waals surface area contributed by atoms with E-state index in [9.17, 15) is 13.2 Å². The Morgan fingerprint density at radius 1 is 1.47 bits per heavy atom. The number of halogens is 3. The van der Waals surface area contributed by atoms with Gasteiger partial charge in [-0.15, -0.1) is 0 Å². The Labute approximate surface area is 95.7 Å². The van der Waals surface area contributed by atoms with Crippen LogP contribution in [0.4, 0.5) is 24.5 Å². The first kappa shape index (κ1) is 12.0. The molecule has 0 bridgehead atoms. The number of anilines is 2. The molecule has 0 spiro atoms. The highest BCUT2D eigenvalue weighted by molar-refractivity contribution is 5.67. The summed E-state index contributed by atoms with van der Waals surface area (Å²) in [5.74, 6) is 0. The van der Waals surface area contributed by atoms with E-state index >= 15 is 0 Å². The summed E-state index contributed by atoms with van der Waals surface area (Å²) in [6, 6.07) is 0.866. The summed E-state index contributed by atoms with van der Waals surface area (Å²) < 4.78 is 37.3. The Hall–Kier alpha value is -1.50. The van der Waals surface area contributed by atoms with Gasteiger partial charge < -0.3 is 16.2 Å². The Bertz CT molecular complexity index is 429. The quantitative estimate of drug-likeness (QED) is 0.759. The minimum atomic E-state index is -4.50. The monoisotopic (exact) mass is 247 g/mol. The lowest BCUT2D eigenvalue weighted by atomic mass is 10.2. The molecule has 1 saturated carbocycles. The van der Waals surface area contributed by atoms with Crippen LogP contribution < -0.4 is 11.1 Å². The first-order chi connectivity index (χ1) is 7.86. The molecule has 1 aliphatic rings. The van der Waals surface area contributed by atoms with Gasteiger partial charge in [-0.1, -0.05) is 0 Å². The molecule has 1 aromatic heterocycles. The van der Waals surface area contributed by atoms with Crippen LogP contribution in [0, 0.1) is 0 Å². The van der Waals surface area contributed by atoms with Crippen LogP contribution in [0.2, 0.25) is 0 Å².